The Hall–Kier alpha value is -3.51. The van der Waals surface area contributed by atoms with Gasteiger partial charge in [-0.1, -0.05) is 23.7 Å². The van der Waals surface area contributed by atoms with Crippen LogP contribution in [-0.2, 0) is 6.54 Å². The fraction of sp³-hybridized carbons (Fsp3) is 0.0476. The van der Waals surface area contributed by atoms with Gasteiger partial charge >= 0.3 is 0 Å². The Balaban J connectivity index is 1.62. The first-order valence-corrected chi connectivity index (χ1v) is 8.94. The van der Waals surface area contributed by atoms with Gasteiger partial charge in [-0.25, -0.2) is 4.98 Å². The number of rotatable bonds is 4. The minimum absolute atomic E-state index is 0.227. The van der Waals surface area contributed by atoms with Crippen molar-refractivity contribution < 1.29 is 4.79 Å². The molecule has 1 amide bonds. The zero-order chi connectivity index (χ0) is 19.5. The molecule has 138 valence electrons. The minimum atomic E-state index is -0.244. The molecule has 0 spiro atoms. The van der Waals surface area contributed by atoms with Crippen LogP contribution in [0.5, 0.6) is 0 Å². The maximum atomic E-state index is 12.8. The summed E-state index contributed by atoms with van der Waals surface area (Å²) in [4.78, 5) is 33.6. The van der Waals surface area contributed by atoms with E-state index in [4.69, 9.17) is 11.6 Å². The Morgan fingerprint density at radius 3 is 2.79 bits per heavy atom. The Morgan fingerprint density at radius 1 is 1.11 bits per heavy atom. The van der Waals surface area contributed by atoms with E-state index in [2.05, 4.69) is 15.3 Å². The van der Waals surface area contributed by atoms with E-state index >= 15 is 0 Å². The molecule has 1 N–H and O–H groups in total. The fourth-order valence-corrected chi connectivity index (χ4v) is 3.04. The summed E-state index contributed by atoms with van der Waals surface area (Å²) in [6.45, 7) is 0.370. The van der Waals surface area contributed by atoms with Crippen LogP contribution in [0.3, 0.4) is 0 Å². The van der Waals surface area contributed by atoms with Crippen molar-refractivity contribution in [2.75, 3.05) is 0 Å². The van der Waals surface area contributed by atoms with Crippen molar-refractivity contribution >= 4 is 28.4 Å². The molecule has 7 heteroatoms. The summed E-state index contributed by atoms with van der Waals surface area (Å²) in [6.07, 6.45) is 4.81. The third-order valence-corrected chi connectivity index (χ3v) is 4.52. The molecule has 2 heterocycles. The summed E-state index contributed by atoms with van der Waals surface area (Å²) in [6, 6.07) is 15.5. The number of amides is 1. The highest BCUT2D eigenvalue weighted by atomic mass is 35.5. The van der Waals surface area contributed by atoms with Gasteiger partial charge in [0.1, 0.15) is 6.33 Å². The normalized spacial score (nSPS) is 10.8. The highest BCUT2D eigenvalue weighted by Gasteiger charge is 2.11. The molecule has 0 aliphatic heterocycles. The summed E-state index contributed by atoms with van der Waals surface area (Å²) in [5, 5.41) is 3.79. The van der Waals surface area contributed by atoms with E-state index in [1.54, 1.807) is 54.9 Å². The molecule has 0 atom stereocenters. The van der Waals surface area contributed by atoms with Gasteiger partial charge in [-0.3, -0.25) is 19.1 Å². The first-order chi connectivity index (χ1) is 13.6. The number of carbonyl (C=O) groups is 1. The third-order valence-electron chi connectivity index (χ3n) is 4.28. The van der Waals surface area contributed by atoms with Crippen molar-refractivity contribution in [3.63, 3.8) is 0 Å². The number of hydrogen-bond acceptors (Lipinski definition) is 4. The van der Waals surface area contributed by atoms with Crippen LogP contribution in [0.15, 0.2) is 78.1 Å². The number of nitrogens with one attached hydrogen (secondary N) is 1. The Kier molecular flexibility index (Phi) is 4.87. The molecule has 0 aliphatic carbocycles. The average molecular weight is 391 g/mol. The van der Waals surface area contributed by atoms with Crippen molar-refractivity contribution in [1.82, 2.24) is 19.9 Å². The first kappa shape index (κ1) is 17.9. The second-order valence-electron chi connectivity index (χ2n) is 6.18. The molecule has 0 saturated heterocycles. The smallest absolute Gasteiger partial charge is 0.265 e. The molecule has 4 aromatic rings. The Labute approximate surface area is 165 Å². The van der Waals surface area contributed by atoms with Crippen LogP contribution >= 0.6 is 11.6 Å². The number of carbonyl (C=O) groups excluding carboxylic acids is 1. The van der Waals surface area contributed by atoms with Crippen molar-refractivity contribution in [3.8, 4) is 5.69 Å². The molecule has 4 rings (SSSR count). The Bertz CT molecular complexity index is 1220. The average Bonchev–Trinajstić information content (AvgIpc) is 2.73. The van der Waals surface area contributed by atoms with Crippen molar-refractivity contribution in [2.45, 2.75) is 6.54 Å². The van der Waals surface area contributed by atoms with Gasteiger partial charge in [0.15, 0.2) is 0 Å². The predicted molar refractivity (Wildman–Crippen MR) is 108 cm³/mol. The molecule has 2 aromatic carbocycles. The van der Waals surface area contributed by atoms with Crippen LogP contribution in [0.2, 0.25) is 5.02 Å². The van der Waals surface area contributed by atoms with E-state index in [9.17, 15) is 9.59 Å². The van der Waals surface area contributed by atoms with E-state index in [0.717, 1.165) is 5.56 Å². The second-order valence-corrected chi connectivity index (χ2v) is 6.61. The lowest BCUT2D eigenvalue weighted by molar-refractivity contribution is 0.0951. The van der Waals surface area contributed by atoms with Gasteiger partial charge < -0.3 is 5.32 Å². The van der Waals surface area contributed by atoms with Crippen molar-refractivity contribution in [2.24, 2.45) is 0 Å². The predicted octanol–water partition coefficient (Wildman–Crippen LogP) is 3.36. The van der Waals surface area contributed by atoms with Crippen LogP contribution in [-0.4, -0.2) is 20.4 Å². The van der Waals surface area contributed by atoms with E-state index in [1.165, 1.54) is 10.9 Å². The summed E-state index contributed by atoms with van der Waals surface area (Å²) in [5.41, 5.74) is 2.19. The topological polar surface area (TPSA) is 76.9 Å². The van der Waals surface area contributed by atoms with Crippen LogP contribution in [0.25, 0.3) is 16.6 Å². The Morgan fingerprint density at radius 2 is 2.00 bits per heavy atom. The highest BCUT2D eigenvalue weighted by molar-refractivity contribution is 6.30. The second kappa shape index (κ2) is 7.62. The van der Waals surface area contributed by atoms with E-state index < -0.39 is 0 Å². The zero-order valence-corrected chi connectivity index (χ0v) is 15.4. The molecule has 0 aliphatic rings. The lowest BCUT2D eigenvalue weighted by Gasteiger charge is -2.09. The molecule has 0 radical (unpaired) electrons. The molecule has 0 unspecified atom stereocenters. The van der Waals surface area contributed by atoms with Crippen LogP contribution in [0.1, 0.15) is 15.9 Å². The van der Waals surface area contributed by atoms with E-state index in [1.807, 2.05) is 12.1 Å². The number of fused-ring (bicyclic) bond motifs is 1. The van der Waals surface area contributed by atoms with Crippen molar-refractivity contribution in [3.05, 3.63) is 99.8 Å². The summed E-state index contributed by atoms with van der Waals surface area (Å²) in [5.74, 6) is -0.244. The van der Waals surface area contributed by atoms with Gasteiger partial charge in [-0.15, -0.1) is 0 Å². The number of nitrogens with zero attached hydrogens (tertiary/aromatic N) is 3. The minimum Gasteiger partial charge on any atom is -0.348 e. The molecule has 0 saturated carbocycles. The largest absolute Gasteiger partial charge is 0.348 e. The SMILES string of the molecule is O=C(NCc1cccnc1)c1ccc2c(=O)n(-c3cccc(Cl)c3)cnc2c1. The van der Waals surface area contributed by atoms with E-state index in [0.29, 0.717) is 33.7 Å². The van der Waals surface area contributed by atoms with Crippen LogP contribution in [0.4, 0.5) is 0 Å². The number of halogens is 1. The zero-order valence-electron chi connectivity index (χ0n) is 14.7. The lowest BCUT2D eigenvalue weighted by atomic mass is 10.1. The number of hydrogen-bond donors (Lipinski definition) is 1. The molecule has 28 heavy (non-hydrogen) atoms. The third kappa shape index (κ3) is 3.63. The maximum absolute atomic E-state index is 12.8. The molecular weight excluding hydrogens is 376 g/mol. The van der Waals surface area contributed by atoms with Gasteiger partial charge in [0.2, 0.25) is 0 Å². The maximum Gasteiger partial charge on any atom is 0.265 e. The monoisotopic (exact) mass is 390 g/mol. The van der Waals surface area contributed by atoms with Gasteiger partial charge in [-0.05, 0) is 48.0 Å². The standard InChI is InChI=1S/C21H15ClN4O2/c22-16-4-1-5-17(10-16)26-13-25-19-9-15(6-7-18(19)21(26)28)20(27)24-12-14-3-2-8-23-11-14/h1-11,13H,12H2,(H,24,27). The van der Waals surface area contributed by atoms with Gasteiger partial charge in [0.25, 0.3) is 11.5 Å². The molecule has 2 aromatic heterocycles. The fourth-order valence-electron chi connectivity index (χ4n) is 2.86. The number of aromatic nitrogens is 3. The molecule has 6 nitrogen and oxygen atoms in total. The van der Waals surface area contributed by atoms with Crippen LogP contribution in [0, 0.1) is 0 Å². The number of pyridine rings is 1. The molecule has 0 fully saturated rings. The molecule has 0 bridgehead atoms. The van der Waals surface area contributed by atoms with E-state index in [-0.39, 0.29) is 11.5 Å². The number of benzene rings is 2. The highest BCUT2D eigenvalue weighted by Crippen LogP contribution is 2.15. The van der Waals surface area contributed by atoms with Gasteiger partial charge in [0.05, 0.1) is 16.6 Å². The summed E-state index contributed by atoms with van der Waals surface area (Å²) in [7, 11) is 0. The first-order valence-electron chi connectivity index (χ1n) is 8.56. The van der Waals surface area contributed by atoms with Gasteiger partial charge in [-0.2, -0.15) is 0 Å². The van der Waals surface area contributed by atoms with Crippen LogP contribution < -0.4 is 10.9 Å². The van der Waals surface area contributed by atoms with Crippen molar-refractivity contribution in [1.29, 1.82) is 0 Å². The molecular formula is C21H15ClN4O2. The quantitative estimate of drug-likeness (QED) is 0.579. The summed E-state index contributed by atoms with van der Waals surface area (Å²) < 4.78 is 1.43. The lowest BCUT2D eigenvalue weighted by Crippen LogP contribution is -2.23. The van der Waals surface area contributed by atoms with Gasteiger partial charge in [0, 0.05) is 29.5 Å². The summed E-state index contributed by atoms with van der Waals surface area (Å²) >= 11 is 6.01.